The SMILES string of the molecule is CCOCCNC(=O)/C(C#N)=C(\C)c1ccc(-c2ccc3cc(N(C)C)ccc3c2)o1. The van der Waals surface area contributed by atoms with E-state index in [1.165, 1.54) is 0 Å². The summed E-state index contributed by atoms with van der Waals surface area (Å²) >= 11 is 0. The number of anilines is 1. The molecule has 1 heterocycles. The molecule has 3 rings (SSSR count). The topological polar surface area (TPSA) is 78.5 Å². The van der Waals surface area contributed by atoms with Gasteiger partial charge in [0.15, 0.2) is 0 Å². The molecular formula is C25H27N3O3. The van der Waals surface area contributed by atoms with Gasteiger partial charge in [0.05, 0.1) is 6.61 Å². The molecule has 1 N–H and O–H groups in total. The maximum absolute atomic E-state index is 12.4. The first kappa shape index (κ1) is 22.1. The van der Waals surface area contributed by atoms with Crippen LogP contribution < -0.4 is 10.2 Å². The van der Waals surface area contributed by atoms with Gasteiger partial charge in [-0.1, -0.05) is 18.2 Å². The highest BCUT2D eigenvalue weighted by Gasteiger charge is 2.16. The first-order chi connectivity index (χ1) is 14.9. The van der Waals surface area contributed by atoms with Crippen LogP contribution in [0.5, 0.6) is 0 Å². The largest absolute Gasteiger partial charge is 0.456 e. The van der Waals surface area contributed by atoms with E-state index in [0.717, 1.165) is 22.0 Å². The summed E-state index contributed by atoms with van der Waals surface area (Å²) < 4.78 is 11.2. The van der Waals surface area contributed by atoms with Gasteiger partial charge < -0.3 is 19.4 Å². The molecule has 0 atom stereocenters. The number of ether oxygens (including phenoxy) is 1. The molecule has 1 amide bonds. The van der Waals surface area contributed by atoms with Gasteiger partial charge in [0, 0.05) is 44.1 Å². The molecule has 0 saturated carbocycles. The number of rotatable bonds is 8. The van der Waals surface area contributed by atoms with E-state index < -0.39 is 5.91 Å². The van der Waals surface area contributed by atoms with E-state index in [9.17, 15) is 10.1 Å². The maximum atomic E-state index is 12.4. The number of allylic oxidation sites excluding steroid dienone is 1. The normalized spacial score (nSPS) is 11.7. The van der Waals surface area contributed by atoms with E-state index in [4.69, 9.17) is 9.15 Å². The van der Waals surface area contributed by atoms with Crippen molar-refractivity contribution in [3.63, 3.8) is 0 Å². The molecule has 0 aliphatic carbocycles. The average Bonchev–Trinajstić information content (AvgIpc) is 3.26. The zero-order valence-corrected chi connectivity index (χ0v) is 18.4. The van der Waals surface area contributed by atoms with Crippen LogP contribution in [0.25, 0.3) is 27.7 Å². The number of furan rings is 1. The van der Waals surface area contributed by atoms with Crippen molar-refractivity contribution < 1.29 is 13.9 Å². The van der Waals surface area contributed by atoms with Crippen LogP contribution in [0.2, 0.25) is 0 Å². The summed E-state index contributed by atoms with van der Waals surface area (Å²) in [6.45, 7) is 4.94. The smallest absolute Gasteiger partial charge is 0.262 e. The molecule has 6 heteroatoms. The van der Waals surface area contributed by atoms with Crippen molar-refractivity contribution in [1.82, 2.24) is 5.32 Å². The number of nitrogens with zero attached hydrogens (tertiary/aromatic N) is 2. The van der Waals surface area contributed by atoms with E-state index in [1.54, 1.807) is 13.0 Å². The van der Waals surface area contributed by atoms with Gasteiger partial charge >= 0.3 is 0 Å². The zero-order chi connectivity index (χ0) is 22.4. The van der Waals surface area contributed by atoms with Crippen molar-refractivity contribution in [2.45, 2.75) is 13.8 Å². The first-order valence-corrected chi connectivity index (χ1v) is 10.2. The minimum Gasteiger partial charge on any atom is -0.456 e. The number of nitrogens with one attached hydrogen (secondary N) is 1. The van der Waals surface area contributed by atoms with Crippen molar-refractivity contribution in [2.75, 3.05) is 38.8 Å². The molecule has 0 unspecified atom stereocenters. The van der Waals surface area contributed by atoms with Crippen LogP contribution in [0, 0.1) is 11.3 Å². The third kappa shape index (κ3) is 5.14. The Hall–Kier alpha value is -3.56. The fraction of sp³-hybridized carbons (Fsp3) is 0.280. The summed E-state index contributed by atoms with van der Waals surface area (Å²) in [5.41, 5.74) is 2.61. The van der Waals surface area contributed by atoms with E-state index in [-0.39, 0.29) is 5.57 Å². The molecule has 6 nitrogen and oxygen atoms in total. The lowest BCUT2D eigenvalue weighted by Crippen LogP contribution is -2.28. The van der Waals surface area contributed by atoms with Crippen molar-refractivity contribution >= 4 is 27.9 Å². The Morgan fingerprint density at radius 2 is 1.87 bits per heavy atom. The second kappa shape index (κ2) is 9.96. The highest BCUT2D eigenvalue weighted by molar-refractivity contribution is 6.04. The fourth-order valence-electron chi connectivity index (χ4n) is 3.26. The zero-order valence-electron chi connectivity index (χ0n) is 18.4. The lowest BCUT2D eigenvalue weighted by atomic mass is 10.0. The maximum Gasteiger partial charge on any atom is 0.262 e. The number of hydrogen-bond acceptors (Lipinski definition) is 5. The summed E-state index contributed by atoms with van der Waals surface area (Å²) in [4.78, 5) is 14.4. The monoisotopic (exact) mass is 417 g/mol. The van der Waals surface area contributed by atoms with Gasteiger partial charge in [-0.25, -0.2) is 0 Å². The molecule has 2 aromatic carbocycles. The van der Waals surface area contributed by atoms with Crippen molar-refractivity contribution in [3.05, 3.63) is 59.9 Å². The summed E-state index contributed by atoms with van der Waals surface area (Å²) in [7, 11) is 4.04. The number of nitriles is 1. The molecular weight excluding hydrogens is 390 g/mol. The quantitative estimate of drug-likeness (QED) is 0.329. The van der Waals surface area contributed by atoms with Gasteiger partial charge in [-0.2, -0.15) is 5.26 Å². The van der Waals surface area contributed by atoms with Crippen molar-refractivity contribution in [1.29, 1.82) is 5.26 Å². The first-order valence-electron chi connectivity index (χ1n) is 10.2. The molecule has 31 heavy (non-hydrogen) atoms. The fourth-order valence-corrected chi connectivity index (χ4v) is 3.26. The minimum absolute atomic E-state index is 0.0344. The lowest BCUT2D eigenvalue weighted by molar-refractivity contribution is -0.117. The van der Waals surface area contributed by atoms with Crippen LogP contribution in [0.15, 0.2) is 58.5 Å². The van der Waals surface area contributed by atoms with E-state index in [1.807, 2.05) is 39.2 Å². The van der Waals surface area contributed by atoms with Gasteiger partial charge in [0.1, 0.15) is 23.2 Å². The number of benzene rings is 2. The lowest BCUT2D eigenvalue weighted by Gasteiger charge is -2.13. The standard InChI is InChI=1S/C25H27N3O3/c1-5-30-13-12-27-25(29)22(16-26)17(2)23-10-11-24(31-23)20-7-6-19-15-21(28(3)4)9-8-18(19)14-20/h6-11,14-15H,5,12-13H2,1-4H3,(H,27,29)/b22-17+. The van der Waals surface area contributed by atoms with Gasteiger partial charge in [-0.05, 0) is 55.0 Å². The number of hydrogen-bond donors (Lipinski definition) is 1. The van der Waals surface area contributed by atoms with E-state index in [0.29, 0.717) is 36.9 Å². The molecule has 0 spiro atoms. The van der Waals surface area contributed by atoms with Crippen LogP contribution in [0.1, 0.15) is 19.6 Å². The predicted octanol–water partition coefficient (Wildman–Crippen LogP) is 4.62. The summed E-state index contributed by atoms with van der Waals surface area (Å²) in [6.07, 6.45) is 0. The Morgan fingerprint density at radius 3 is 2.58 bits per heavy atom. The molecule has 1 aromatic heterocycles. The number of carbonyl (C=O) groups excluding carboxylic acids is 1. The average molecular weight is 418 g/mol. The van der Waals surface area contributed by atoms with Gasteiger partial charge in [0.2, 0.25) is 0 Å². The van der Waals surface area contributed by atoms with Crippen molar-refractivity contribution in [3.8, 4) is 17.4 Å². The number of carbonyl (C=O) groups is 1. The van der Waals surface area contributed by atoms with Crippen LogP contribution in [0.4, 0.5) is 5.69 Å². The van der Waals surface area contributed by atoms with E-state index in [2.05, 4.69) is 40.5 Å². The third-order valence-corrected chi connectivity index (χ3v) is 5.05. The Balaban J connectivity index is 1.84. The summed E-state index contributed by atoms with van der Waals surface area (Å²) in [5.74, 6) is 0.747. The summed E-state index contributed by atoms with van der Waals surface area (Å²) in [5, 5.41) is 14.4. The highest BCUT2D eigenvalue weighted by Crippen LogP contribution is 2.30. The minimum atomic E-state index is -0.431. The molecule has 0 radical (unpaired) electrons. The Morgan fingerprint density at radius 1 is 1.13 bits per heavy atom. The van der Waals surface area contributed by atoms with Crippen LogP contribution in [0.3, 0.4) is 0 Å². The Labute approximate surface area is 182 Å². The van der Waals surface area contributed by atoms with Crippen molar-refractivity contribution in [2.24, 2.45) is 0 Å². The molecule has 0 bridgehead atoms. The van der Waals surface area contributed by atoms with Gasteiger partial charge in [-0.15, -0.1) is 0 Å². The van der Waals surface area contributed by atoms with Gasteiger partial charge in [-0.3, -0.25) is 4.79 Å². The molecule has 0 saturated heterocycles. The van der Waals surface area contributed by atoms with E-state index >= 15 is 0 Å². The highest BCUT2D eigenvalue weighted by atomic mass is 16.5. The molecule has 3 aromatic rings. The predicted molar refractivity (Wildman–Crippen MR) is 124 cm³/mol. The Kier molecular flexibility index (Phi) is 7.11. The second-order valence-electron chi connectivity index (χ2n) is 7.37. The number of fused-ring (bicyclic) bond motifs is 1. The summed E-state index contributed by atoms with van der Waals surface area (Å²) in [6, 6.07) is 18.1. The van der Waals surface area contributed by atoms with Gasteiger partial charge in [0.25, 0.3) is 5.91 Å². The Bertz CT molecular complexity index is 1150. The molecule has 0 fully saturated rings. The third-order valence-electron chi connectivity index (χ3n) is 5.05. The van der Waals surface area contributed by atoms with Crippen LogP contribution in [-0.2, 0) is 9.53 Å². The van der Waals surface area contributed by atoms with Crippen LogP contribution in [-0.4, -0.2) is 39.8 Å². The molecule has 160 valence electrons. The van der Waals surface area contributed by atoms with Crippen LogP contribution >= 0.6 is 0 Å². The number of amides is 1. The molecule has 0 aliphatic rings. The molecule has 0 aliphatic heterocycles. The second-order valence-corrected chi connectivity index (χ2v) is 7.37.